The summed E-state index contributed by atoms with van der Waals surface area (Å²) >= 11 is 0. The number of anilines is 1. The lowest BCUT2D eigenvalue weighted by Crippen LogP contribution is -2.21. The molecule has 0 spiro atoms. The molecule has 0 saturated heterocycles. The van der Waals surface area contributed by atoms with Gasteiger partial charge < -0.3 is 20.7 Å². The van der Waals surface area contributed by atoms with E-state index in [1.807, 2.05) is 13.0 Å². The normalized spacial score (nSPS) is 12.5. The van der Waals surface area contributed by atoms with Gasteiger partial charge >= 0.3 is 0 Å². The van der Waals surface area contributed by atoms with Crippen LogP contribution in [-0.2, 0) is 0 Å². The van der Waals surface area contributed by atoms with Gasteiger partial charge in [0.2, 0.25) is 0 Å². The molecule has 1 unspecified atom stereocenters. The molecule has 0 bridgehead atoms. The number of ether oxygens (including phenoxy) is 1. The van der Waals surface area contributed by atoms with Crippen molar-refractivity contribution in [2.24, 2.45) is 0 Å². The number of hydrogen-bond acceptors (Lipinski definition) is 4. The molecule has 0 radical (unpaired) electrons. The molecule has 4 heteroatoms. The molecule has 0 fully saturated rings. The maximum atomic E-state index is 9.05. The van der Waals surface area contributed by atoms with Crippen molar-refractivity contribution in [3.63, 3.8) is 0 Å². The highest BCUT2D eigenvalue weighted by Crippen LogP contribution is 2.21. The molecule has 0 heterocycles. The van der Waals surface area contributed by atoms with Crippen molar-refractivity contribution in [2.45, 2.75) is 13.0 Å². The van der Waals surface area contributed by atoms with Gasteiger partial charge in [0.15, 0.2) is 0 Å². The minimum atomic E-state index is -0.865. The van der Waals surface area contributed by atoms with Gasteiger partial charge in [0.1, 0.15) is 18.5 Å². The molecule has 1 rings (SSSR count). The Balaban J connectivity index is 2.59. The van der Waals surface area contributed by atoms with Gasteiger partial charge in [0, 0.05) is 0 Å². The molecule has 1 aromatic rings. The zero-order chi connectivity index (χ0) is 10.6. The molecule has 0 saturated carbocycles. The molecule has 0 aliphatic rings. The topological polar surface area (TPSA) is 75.7 Å². The van der Waals surface area contributed by atoms with Gasteiger partial charge in [-0.25, -0.2) is 0 Å². The molecule has 0 aromatic heterocycles. The monoisotopic (exact) mass is 197 g/mol. The number of benzene rings is 1. The van der Waals surface area contributed by atoms with E-state index in [1.165, 1.54) is 0 Å². The average molecular weight is 197 g/mol. The minimum Gasteiger partial charge on any atom is -0.489 e. The van der Waals surface area contributed by atoms with Crippen molar-refractivity contribution in [1.82, 2.24) is 0 Å². The van der Waals surface area contributed by atoms with Crippen LogP contribution in [0.5, 0.6) is 5.75 Å². The molecular weight excluding hydrogens is 182 g/mol. The Morgan fingerprint density at radius 1 is 1.50 bits per heavy atom. The summed E-state index contributed by atoms with van der Waals surface area (Å²) in [7, 11) is 0. The second-order valence-electron chi connectivity index (χ2n) is 3.19. The summed E-state index contributed by atoms with van der Waals surface area (Å²) in [6, 6.07) is 5.41. The first kappa shape index (κ1) is 10.8. The van der Waals surface area contributed by atoms with Crippen LogP contribution in [0.4, 0.5) is 5.69 Å². The summed E-state index contributed by atoms with van der Waals surface area (Å²) in [4.78, 5) is 0. The Morgan fingerprint density at radius 2 is 2.21 bits per heavy atom. The first-order valence-electron chi connectivity index (χ1n) is 4.41. The Bertz CT molecular complexity index is 301. The van der Waals surface area contributed by atoms with Crippen LogP contribution < -0.4 is 10.5 Å². The molecule has 78 valence electrons. The highest BCUT2D eigenvalue weighted by Gasteiger charge is 2.05. The lowest BCUT2D eigenvalue weighted by atomic mass is 10.2. The quantitative estimate of drug-likeness (QED) is 0.607. The fourth-order valence-electron chi connectivity index (χ4n) is 1.04. The molecule has 0 aliphatic carbocycles. The first-order valence-corrected chi connectivity index (χ1v) is 4.41. The van der Waals surface area contributed by atoms with E-state index in [4.69, 9.17) is 20.7 Å². The number of rotatable bonds is 4. The molecule has 0 amide bonds. The van der Waals surface area contributed by atoms with Crippen LogP contribution >= 0.6 is 0 Å². The lowest BCUT2D eigenvalue weighted by molar-refractivity contribution is 0.0538. The number of hydrogen-bond donors (Lipinski definition) is 3. The van der Waals surface area contributed by atoms with Gasteiger partial charge in [0.05, 0.1) is 12.3 Å². The van der Waals surface area contributed by atoms with Gasteiger partial charge in [-0.05, 0) is 24.6 Å². The Morgan fingerprint density at radius 3 is 2.79 bits per heavy atom. The zero-order valence-corrected chi connectivity index (χ0v) is 8.10. The summed E-state index contributed by atoms with van der Waals surface area (Å²) in [6.45, 7) is 1.66. The van der Waals surface area contributed by atoms with Crippen LogP contribution in [0.3, 0.4) is 0 Å². The highest BCUT2D eigenvalue weighted by molar-refractivity contribution is 5.53. The molecule has 4 N–H and O–H groups in total. The number of aryl methyl sites for hydroxylation is 1. The van der Waals surface area contributed by atoms with Gasteiger partial charge in [-0.2, -0.15) is 0 Å². The van der Waals surface area contributed by atoms with Gasteiger partial charge in [0.25, 0.3) is 0 Å². The fourth-order valence-corrected chi connectivity index (χ4v) is 1.04. The SMILES string of the molecule is Cc1ccc(OCC(O)CO)c(N)c1. The number of aliphatic hydroxyl groups excluding tert-OH is 2. The van der Waals surface area contributed by atoms with E-state index in [1.54, 1.807) is 12.1 Å². The van der Waals surface area contributed by atoms with Crippen molar-refractivity contribution in [1.29, 1.82) is 0 Å². The number of nitrogens with two attached hydrogens (primary N) is 1. The third-order valence-corrected chi connectivity index (χ3v) is 1.81. The summed E-state index contributed by atoms with van der Waals surface area (Å²) in [5.74, 6) is 0.531. The van der Waals surface area contributed by atoms with Crippen molar-refractivity contribution in [3.8, 4) is 5.75 Å². The third kappa shape index (κ3) is 2.90. The van der Waals surface area contributed by atoms with E-state index in [0.29, 0.717) is 11.4 Å². The van der Waals surface area contributed by atoms with Crippen LogP contribution in [0.1, 0.15) is 5.56 Å². The second-order valence-corrected chi connectivity index (χ2v) is 3.19. The summed E-state index contributed by atoms with van der Waals surface area (Å²) in [5, 5.41) is 17.6. The summed E-state index contributed by atoms with van der Waals surface area (Å²) in [6.07, 6.45) is -0.865. The standard InChI is InChI=1S/C10H15NO3/c1-7-2-3-10(9(11)4-7)14-6-8(13)5-12/h2-4,8,12-13H,5-6,11H2,1H3. The van der Waals surface area contributed by atoms with Crippen molar-refractivity contribution in [3.05, 3.63) is 23.8 Å². The second kappa shape index (κ2) is 4.83. The number of nitrogen functional groups attached to an aromatic ring is 1. The predicted octanol–water partition coefficient (Wildman–Crippen LogP) is 0.309. The fraction of sp³-hybridized carbons (Fsp3) is 0.400. The van der Waals surface area contributed by atoms with Crippen LogP contribution in [0, 0.1) is 6.92 Å². The van der Waals surface area contributed by atoms with Gasteiger partial charge in [-0.1, -0.05) is 6.07 Å². The summed E-state index contributed by atoms with van der Waals surface area (Å²) in [5.41, 5.74) is 7.27. The number of aliphatic hydroxyl groups is 2. The van der Waals surface area contributed by atoms with E-state index in [-0.39, 0.29) is 13.2 Å². The Labute approximate surface area is 82.9 Å². The van der Waals surface area contributed by atoms with E-state index in [0.717, 1.165) is 5.56 Å². The molecule has 0 aliphatic heterocycles. The minimum absolute atomic E-state index is 0.0454. The van der Waals surface area contributed by atoms with E-state index >= 15 is 0 Å². The highest BCUT2D eigenvalue weighted by atomic mass is 16.5. The smallest absolute Gasteiger partial charge is 0.142 e. The predicted molar refractivity (Wildman–Crippen MR) is 54.2 cm³/mol. The molecular formula is C10H15NO3. The molecule has 14 heavy (non-hydrogen) atoms. The van der Waals surface area contributed by atoms with Crippen LogP contribution in [0.15, 0.2) is 18.2 Å². The van der Waals surface area contributed by atoms with Crippen molar-refractivity contribution < 1.29 is 14.9 Å². The zero-order valence-electron chi connectivity index (χ0n) is 8.10. The van der Waals surface area contributed by atoms with Gasteiger partial charge in [-0.3, -0.25) is 0 Å². The Hall–Kier alpha value is -1.26. The maximum Gasteiger partial charge on any atom is 0.142 e. The van der Waals surface area contributed by atoms with E-state index < -0.39 is 6.10 Å². The van der Waals surface area contributed by atoms with Crippen LogP contribution in [0.2, 0.25) is 0 Å². The van der Waals surface area contributed by atoms with E-state index in [9.17, 15) is 0 Å². The van der Waals surface area contributed by atoms with Crippen LogP contribution in [0.25, 0.3) is 0 Å². The van der Waals surface area contributed by atoms with Crippen LogP contribution in [-0.4, -0.2) is 29.5 Å². The Kier molecular flexibility index (Phi) is 3.73. The molecule has 1 aromatic carbocycles. The maximum absolute atomic E-state index is 9.05. The third-order valence-electron chi connectivity index (χ3n) is 1.81. The molecule has 1 atom stereocenters. The average Bonchev–Trinajstić information content (AvgIpc) is 2.16. The summed E-state index contributed by atoms with van der Waals surface area (Å²) < 4.78 is 5.21. The van der Waals surface area contributed by atoms with E-state index in [2.05, 4.69) is 0 Å². The van der Waals surface area contributed by atoms with Gasteiger partial charge in [-0.15, -0.1) is 0 Å². The van der Waals surface area contributed by atoms with Crippen molar-refractivity contribution >= 4 is 5.69 Å². The first-order chi connectivity index (χ1) is 6.63. The van der Waals surface area contributed by atoms with Crippen molar-refractivity contribution in [2.75, 3.05) is 18.9 Å². The largest absolute Gasteiger partial charge is 0.489 e. The lowest BCUT2D eigenvalue weighted by Gasteiger charge is -2.11. The molecule has 4 nitrogen and oxygen atoms in total.